The fourth-order valence-corrected chi connectivity index (χ4v) is 1.64. The summed E-state index contributed by atoms with van der Waals surface area (Å²) >= 11 is 0. The molecule has 1 rings (SSSR count). The zero-order valence-corrected chi connectivity index (χ0v) is 10.2. The van der Waals surface area contributed by atoms with Crippen molar-refractivity contribution < 1.29 is 19.8 Å². The van der Waals surface area contributed by atoms with E-state index < -0.39 is 12.0 Å². The molecule has 0 radical (unpaired) electrons. The predicted molar refractivity (Wildman–Crippen MR) is 66.3 cm³/mol. The van der Waals surface area contributed by atoms with Gasteiger partial charge in [-0.25, -0.2) is 4.79 Å². The summed E-state index contributed by atoms with van der Waals surface area (Å²) in [5.74, 6) is -1.30. The molecule has 0 saturated carbocycles. The van der Waals surface area contributed by atoms with Crippen molar-refractivity contribution in [3.05, 3.63) is 29.8 Å². The van der Waals surface area contributed by atoms with Crippen LogP contribution in [-0.4, -0.2) is 28.1 Å². The van der Waals surface area contributed by atoms with Gasteiger partial charge in [-0.1, -0.05) is 25.5 Å². The maximum atomic E-state index is 11.7. The number of hydrogen-bond donors (Lipinski definition) is 3. The highest BCUT2D eigenvalue weighted by atomic mass is 16.4. The van der Waals surface area contributed by atoms with Gasteiger partial charge in [0, 0.05) is 0 Å². The van der Waals surface area contributed by atoms with Gasteiger partial charge in [-0.05, 0) is 24.1 Å². The van der Waals surface area contributed by atoms with Crippen molar-refractivity contribution in [1.29, 1.82) is 0 Å². The molecular weight excluding hydrogens is 234 g/mol. The minimum absolute atomic E-state index is 0.0574. The maximum absolute atomic E-state index is 11.7. The molecule has 1 unspecified atom stereocenters. The Morgan fingerprint density at radius 1 is 1.39 bits per heavy atom. The Bertz CT molecular complexity index is 431. The summed E-state index contributed by atoms with van der Waals surface area (Å²) in [4.78, 5) is 22.5. The van der Waals surface area contributed by atoms with Crippen molar-refractivity contribution in [3.63, 3.8) is 0 Å². The Hall–Kier alpha value is -2.04. The van der Waals surface area contributed by atoms with E-state index >= 15 is 0 Å². The molecule has 1 atom stereocenters. The number of carbonyl (C=O) groups is 2. The monoisotopic (exact) mass is 251 g/mol. The van der Waals surface area contributed by atoms with Crippen LogP contribution in [-0.2, 0) is 16.0 Å². The number of hydrogen-bond acceptors (Lipinski definition) is 3. The third-order valence-electron chi connectivity index (χ3n) is 2.49. The number of aliphatic carboxylic acids is 1. The Labute approximate surface area is 105 Å². The quantitative estimate of drug-likeness (QED) is 0.711. The van der Waals surface area contributed by atoms with Crippen LogP contribution in [0.2, 0.25) is 0 Å². The average molecular weight is 251 g/mol. The normalized spacial score (nSPS) is 11.8. The van der Waals surface area contributed by atoms with Gasteiger partial charge < -0.3 is 15.5 Å². The minimum atomic E-state index is -1.03. The topological polar surface area (TPSA) is 86.6 Å². The van der Waals surface area contributed by atoms with Gasteiger partial charge in [0.2, 0.25) is 5.91 Å². The molecule has 1 aromatic carbocycles. The van der Waals surface area contributed by atoms with Gasteiger partial charge in [-0.15, -0.1) is 0 Å². The fourth-order valence-electron chi connectivity index (χ4n) is 1.64. The maximum Gasteiger partial charge on any atom is 0.326 e. The molecular formula is C13H17NO4. The van der Waals surface area contributed by atoms with Crippen LogP contribution in [0, 0.1) is 0 Å². The second-order valence-corrected chi connectivity index (χ2v) is 4.09. The lowest BCUT2D eigenvalue weighted by Crippen LogP contribution is -2.41. The lowest BCUT2D eigenvalue weighted by Gasteiger charge is -2.13. The van der Waals surface area contributed by atoms with Crippen molar-refractivity contribution in [2.75, 3.05) is 0 Å². The standard InChI is InChI=1S/C13H17NO4/c1-2-4-11(13(17)18)14-12(16)8-9-5-3-6-10(15)7-9/h3,5-7,11,15H,2,4,8H2,1H3,(H,14,16)(H,17,18). The fraction of sp³-hybridized carbons (Fsp3) is 0.385. The highest BCUT2D eigenvalue weighted by Gasteiger charge is 2.18. The van der Waals surface area contributed by atoms with E-state index in [1.807, 2.05) is 6.92 Å². The molecule has 1 amide bonds. The number of carboxylic acids is 1. The molecule has 18 heavy (non-hydrogen) atoms. The second-order valence-electron chi connectivity index (χ2n) is 4.09. The van der Waals surface area contributed by atoms with Gasteiger partial charge in [0.05, 0.1) is 6.42 Å². The van der Waals surface area contributed by atoms with Crippen LogP contribution in [0.1, 0.15) is 25.3 Å². The van der Waals surface area contributed by atoms with Crippen molar-refractivity contribution in [2.24, 2.45) is 0 Å². The number of phenolic OH excluding ortho intramolecular Hbond substituents is 1. The van der Waals surface area contributed by atoms with Gasteiger partial charge in [0.25, 0.3) is 0 Å². The van der Waals surface area contributed by atoms with Crippen molar-refractivity contribution in [1.82, 2.24) is 5.32 Å². The van der Waals surface area contributed by atoms with E-state index in [0.29, 0.717) is 18.4 Å². The summed E-state index contributed by atoms with van der Waals surface area (Å²) in [5, 5.41) is 20.6. The molecule has 3 N–H and O–H groups in total. The summed E-state index contributed by atoms with van der Waals surface area (Å²) in [7, 11) is 0. The van der Waals surface area contributed by atoms with E-state index in [2.05, 4.69) is 5.32 Å². The number of carboxylic acid groups (broad SMARTS) is 1. The highest BCUT2D eigenvalue weighted by molar-refractivity contribution is 5.84. The average Bonchev–Trinajstić information content (AvgIpc) is 2.28. The van der Waals surface area contributed by atoms with Crippen LogP contribution in [0.15, 0.2) is 24.3 Å². The van der Waals surface area contributed by atoms with Gasteiger partial charge in [0.1, 0.15) is 11.8 Å². The lowest BCUT2D eigenvalue weighted by atomic mass is 10.1. The number of carbonyl (C=O) groups excluding carboxylic acids is 1. The number of phenols is 1. The number of aromatic hydroxyl groups is 1. The third-order valence-corrected chi connectivity index (χ3v) is 2.49. The van der Waals surface area contributed by atoms with Gasteiger partial charge in [-0.2, -0.15) is 0 Å². The van der Waals surface area contributed by atoms with Gasteiger partial charge >= 0.3 is 5.97 Å². The first-order valence-electron chi connectivity index (χ1n) is 5.83. The molecule has 0 saturated heterocycles. The number of amides is 1. The van der Waals surface area contributed by atoms with Crippen molar-refractivity contribution in [3.8, 4) is 5.75 Å². The van der Waals surface area contributed by atoms with E-state index in [-0.39, 0.29) is 18.1 Å². The van der Waals surface area contributed by atoms with E-state index in [9.17, 15) is 14.7 Å². The molecule has 0 bridgehead atoms. The third kappa shape index (κ3) is 4.45. The predicted octanol–water partition coefficient (Wildman–Crippen LogP) is 1.30. The Balaban J connectivity index is 2.57. The Kier molecular flexibility index (Phi) is 5.17. The van der Waals surface area contributed by atoms with E-state index in [1.54, 1.807) is 12.1 Å². The molecule has 0 aliphatic rings. The molecule has 1 aromatic rings. The summed E-state index contributed by atoms with van der Waals surface area (Å²) < 4.78 is 0. The van der Waals surface area contributed by atoms with Crippen molar-refractivity contribution in [2.45, 2.75) is 32.2 Å². The van der Waals surface area contributed by atoms with Crippen LogP contribution in [0.4, 0.5) is 0 Å². The Morgan fingerprint density at radius 3 is 2.67 bits per heavy atom. The molecule has 0 aliphatic carbocycles. The summed E-state index contributed by atoms with van der Waals surface area (Å²) in [6.07, 6.45) is 1.15. The molecule has 0 heterocycles. The Morgan fingerprint density at radius 2 is 2.11 bits per heavy atom. The number of rotatable bonds is 6. The molecule has 0 aromatic heterocycles. The molecule has 98 valence electrons. The van der Waals surface area contributed by atoms with Crippen molar-refractivity contribution >= 4 is 11.9 Å². The first-order chi connectivity index (χ1) is 8.52. The van der Waals surface area contributed by atoms with Gasteiger partial charge in [0.15, 0.2) is 0 Å². The number of benzene rings is 1. The largest absolute Gasteiger partial charge is 0.508 e. The van der Waals surface area contributed by atoms with E-state index in [0.717, 1.165) is 0 Å². The van der Waals surface area contributed by atoms with Crippen LogP contribution in [0.25, 0.3) is 0 Å². The summed E-state index contributed by atoms with van der Waals surface area (Å²) in [5.41, 5.74) is 0.646. The molecule has 0 aliphatic heterocycles. The molecule has 5 heteroatoms. The summed E-state index contributed by atoms with van der Waals surface area (Å²) in [6, 6.07) is 5.49. The smallest absolute Gasteiger partial charge is 0.326 e. The van der Waals surface area contributed by atoms with Crippen LogP contribution in [0.3, 0.4) is 0 Å². The van der Waals surface area contributed by atoms with Gasteiger partial charge in [-0.3, -0.25) is 4.79 Å². The zero-order valence-electron chi connectivity index (χ0n) is 10.2. The van der Waals surface area contributed by atoms with Crippen LogP contribution < -0.4 is 5.32 Å². The molecule has 0 fully saturated rings. The first-order valence-corrected chi connectivity index (χ1v) is 5.83. The summed E-state index contributed by atoms with van der Waals surface area (Å²) in [6.45, 7) is 1.86. The molecule has 0 spiro atoms. The van der Waals surface area contributed by atoms with E-state index in [4.69, 9.17) is 5.11 Å². The lowest BCUT2D eigenvalue weighted by molar-refractivity contribution is -0.141. The second kappa shape index (κ2) is 6.64. The zero-order chi connectivity index (χ0) is 13.5. The SMILES string of the molecule is CCCC(NC(=O)Cc1cccc(O)c1)C(=O)O. The first kappa shape index (κ1) is 14.0. The van der Waals surface area contributed by atoms with Crippen LogP contribution >= 0.6 is 0 Å². The molecule has 5 nitrogen and oxygen atoms in total. The number of nitrogens with one attached hydrogen (secondary N) is 1. The highest BCUT2D eigenvalue weighted by Crippen LogP contribution is 2.11. The minimum Gasteiger partial charge on any atom is -0.508 e. The van der Waals surface area contributed by atoms with E-state index in [1.165, 1.54) is 12.1 Å². The van der Waals surface area contributed by atoms with Crippen LogP contribution in [0.5, 0.6) is 5.75 Å².